The third kappa shape index (κ3) is 1.04. The molecule has 3 nitrogen and oxygen atoms in total. The summed E-state index contributed by atoms with van der Waals surface area (Å²) in [6.45, 7) is 0. The molecule has 0 aromatic carbocycles. The molecule has 1 heterocycles. The van der Waals surface area contributed by atoms with Gasteiger partial charge in [0.1, 0.15) is 6.34 Å². The zero-order chi connectivity index (χ0) is 7.78. The molecule has 1 rings (SSSR count). The average Bonchev–Trinajstić information content (AvgIpc) is 2.11. The van der Waals surface area contributed by atoms with Crippen LogP contribution in [0, 0.1) is 0 Å². The van der Waals surface area contributed by atoms with E-state index in [2.05, 4.69) is 9.98 Å². The number of hydrogen-bond donors (Lipinski definition) is 0. The topological polar surface area (TPSA) is 41.8 Å². The Morgan fingerprint density at radius 1 is 1.40 bits per heavy atom. The summed E-state index contributed by atoms with van der Waals surface area (Å²) in [6.07, 6.45) is -4.08. The lowest BCUT2D eigenvalue weighted by molar-refractivity contribution is -0.115. The predicted molar refractivity (Wildman–Crippen MR) is 27.0 cm³/mol. The van der Waals surface area contributed by atoms with E-state index >= 15 is 0 Å². The highest BCUT2D eigenvalue weighted by molar-refractivity contribution is 6.45. The summed E-state index contributed by atoms with van der Waals surface area (Å²) in [7, 11) is 0. The maximum atomic E-state index is 11.6. The maximum absolute atomic E-state index is 11.6. The van der Waals surface area contributed by atoms with Gasteiger partial charge in [-0.1, -0.05) is 0 Å². The van der Waals surface area contributed by atoms with Crippen LogP contribution in [0.3, 0.4) is 0 Å². The number of amides is 1. The fourth-order valence-corrected chi connectivity index (χ4v) is 0.450. The van der Waals surface area contributed by atoms with Crippen molar-refractivity contribution in [2.45, 2.75) is 6.18 Å². The zero-order valence-electron chi connectivity index (χ0n) is 4.51. The summed E-state index contributed by atoms with van der Waals surface area (Å²) in [5.41, 5.74) is -1.45. The molecule has 0 bridgehead atoms. The first kappa shape index (κ1) is 6.91. The normalized spacial score (nSPS) is 17.9. The van der Waals surface area contributed by atoms with Crippen LogP contribution in [-0.2, 0) is 4.79 Å². The third-order valence-corrected chi connectivity index (χ3v) is 0.833. The van der Waals surface area contributed by atoms with Crippen molar-refractivity contribution in [2.24, 2.45) is 9.98 Å². The molecule has 0 unspecified atom stereocenters. The molecular formula is C4HF3N2O. The largest absolute Gasteiger partial charge is 0.439 e. The van der Waals surface area contributed by atoms with E-state index in [1.54, 1.807) is 0 Å². The van der Waals surface area contributed by atoms with Crippen molar-refractivity contribution in [3.05, 3.63) is 0 Å². The Balaban J connectivity index is 2.88. The van der Waals surface area contributed by atoms with Gasteiger partial charge in [0.2, 0.25) is 5.71 Å². The fraction of sp³-hybridized carbons (Fsp3) is 0.250. The number of rotatable bonds is 0. The lowest BCUT2D eigenvalue weighted by Crippen LogP contribution is -2.27. The van der Waals surface area contributed by atoms with Gasteiger partial charge in [-0.3, -0.25) is 4.79 Å². The molecule has 0 aromatic rings. The van der Waals surface area contributed by atoms with Gasteiger partial charge in [-0.15, -0.1) is 0 Å². The maximum Gasteiger partial charge on any atom is 0.439 e. The van der Waals surface area contributed by atoms with Crippen LogP contribution in [0.5, 0.6) is 0 Å². The van der Waals surface area contributed by atoms with Crippen molar-refractivity contribution < 1.29 is 18.0 Å². The van der Waals surface area contributed by atoms with Crippen molar-refractivity contribution in [3.8, 4) is 0 Å². The molecule has 10 heavy (non-hydrogen) atoms. The van der Waals surface area contributed by atoms with Crippen molar-refractivity contribution in [3.63, 3.8) is 0 Å². The molecule has 0 saturated carbocycles. The van der Waals surface area contributed by atoms with Crippen LogP contribution in [0.15, 0.2) is 9.98 Å². The minimum atomic E-state index is -4.67. The van der Waals surface area contributed by atoms with Crippen LogP contribution in [0.2, 0.25) is 0 Å². The highest BCUT2D eigenvalue weighted by Crippen LogP contribution is 2.19. The molecule has 1 amide bonds. The van der Waals surface area contributed by atoms with E-state index in [4.69, 9.17) is 0 Å². The average molecular weight is 150 g/mol. The highest BCUT2D eigenvalue weighted by Gasteiger charge is 2.41. The molecule has 54 valence electrons. The van der Waals surface area contributed by atoms with Gasteiger partial charge in [0.15, 0.2) is 0 Å². The Morgan fingerprint density at radius 2 is 2.00 bits per heavy atom. The summed E-state index contributed by atoms with van der Waals surface area (Å²) in [5.74, 6) is -1.33. The summed E-state index contributed by atoms with van der Waals surface area (Å²) in [6, 6.07) is 0. The lowest BCUT2D eigenvalue weighted by atomic mass is 10.3. The van der Waals surface area contributed by atoms with Gasteiger partial charge in [-0.05, 0) is 0 Å². The van der Waals surface area contributed by atoms with Crippen molar-refractivity contribution in [2.75, 3.05) is 0 Å². The van der Waals surface area contributed by atoms with Crippen LogP contribution in [0.25, 0.3) is 0 Å². The summed E-state index contributed by atoms with van der Waals surface area (Å²) in [5, 5.41) is 0. The van der Waals surface area contributed by atoms with E-state index in [9.17, 15) is 18.0 Å². The summed E-state index contributed by atoms with van der Waals surface area (Å²) < 4.78 is 34.7. The van der Waals surface area contributed by atoms with Crippen LogP contribution >= 0.6 is 0 Å². The minimum absolute atomic E-state index is 0.588. The monoisotopic (exact) mass is 150 g/mol. The van der Waals surface area contributed by atoms with Crippen LogP contribution in [0.1, 0.15) is 0 Å². The number of halogens is 3. The number of aliphatic imine (C=N–C) groups is 2. The van der Waals surface area contributed by atoms with E-state index in [0.717, 1.165) is 0 Å². The first-order valence-electron chi connectivity index (χ1n) is 2.23. The van der Waals surface area contributed by atoms with Gasteiger partial charge in [-0.25, -0.2) is 4.99 Å². The minimum Gasteiger partial charge on any atom is -0.265 e. The highest BCUT2D eigenvalue weighted by atomic mass is 19.4. The predicted octanol–water partition coefficient (Wildman–Crippen LogP) is 0.558. The molecule has 0 saturated heterocycles. The molecule has 0 fully saturated rings. The molecule has 0 aliphatic carbocycles. The van der Waals surface area contributed by atoms with Gasteiger partial charge in [-0.2, -0.15) is 18.2 Å². The Bertz CT molecular complexity index is 227. The van der Waals surface area contributed by atoms with Gasteiger partial charge in [0.25, 0.3) is 0 Å². The van der Waals surface area contributed by atoms with Crippen LogP contribution < -0.4 is 0 Å². The molecule has 0 atom stereocenters. The molecule has 0 spiro atoms. The molecule has 0 N–H and O–H groups in total. The van der Waals surface area contributed by atoms with E-state index in [1.165, 1.54) is 0 Å². The Kier molecular flexibility index (Phi) is 1.31. The Morgan fingerprint density at radius 3 is 2.20 bits per heavy atom. The van der Waals surface area contributed by atoms with Crippen LogP contribution in [-0.4, -0.2) is 24.1 Å². The molecule has 0 radical (unpaired) electrons. The second-order valence-corrected chi connectivity index (χ2v) is 1.53. The SMILES string of the molecule is O=C1N=CN=C1C(F)(F)F. The lowest BCUT2D eigenvalue weighted by Gasteiger charge is -2.00. The quantitative estimate of drug-likeness (QED) is 0.497. The number of nitrogens with zero attached hydrogens (tertiary/aromatic N) is 2. The molecule has 6 heteroatoms. The third-order valence-electron chi connectivity index (χ3n) is 0.833. The van der Waals surface area contributed by atoms with E-state index in [1.807, 2.05) is 0 Å². The van der Waals surface area contributed by atoms with Gasteiger partial charge >= 0.3 is 12.1 Å². The molecule has 0 aromatic heterocycles. The second-order valence-electron chi connectivity index (χ2n) is 1.53. The second kappa shape index (κ2) is 1.89. The first-order valence-corrected chi connectivity index (χ1v) is 2.23. The molecular weight excluding hydrogens is 149 g/mol. The van der Waals surface area contributed by atoms with Crippen molar-refractivity contribution in [1.29, 1.82) is 0 Å². The number of carbonyl (C=O) groups is 1. The summed E-state index contributed by atoms with van der Waals surface area (Å²) >= 11 is 0. The smallest absolute Gasteiger partial charge is 0.265 e. The van der Waals surface area contributed by atoms with Crippen LogP contribution in [0.4, 0.5) is 13.2 Å². The molecule has 1 aliphatic heterocycles. The van der Waals surface area contributed by atoms with Crippen molar-refractivity contribution in [1.82, 2.24) is 0 Å². The standard InChI is InChI=1S/C4HF3N2O/c5-4(6,7)2-3(10)9-1-8-2/h1H. The number of hydrogen-bond acceptors (Lipinski definition) is 2. The Hall–Kier alpha value is -1.20. The van der Waals surface area contributed by atoms with E-state index < -0.39 is 17.8 Å². The Labute approximate surface area is 53.3 Å². The van der Waals surface area contributed by atoms with E-state index in [-0.39, 0.29) is 0 Å². The number of carbonyl (C=O) groups excluding carboxylic acids is 1. The van der Waals surface area contributed by atoms with Gasteiger partial charge in [0, 0.05) is 0 Å². The van der Waals surface area contributed by atoms with Gasteiger partial charge < -0.3 is 0 Å². The first-order chi connectivity index (χ1) is 4.52. The molecule has 1 aliphatic rings. The number of alkyl halides is 3. The summed E-state index contributed by atoms with van der Waals surface area (Å²) in [4.78, 5) is 15.7. The zero-order valence-corrected chi connectivity index (χ0v) is 4.51. The fourth-order valence-electron chi connectivity index (χ4n) is 0.450. The van der Waals surface area contributed by atoms with Gasteiger partial charge in [0.05, 0.1) is 0 Å². The van der Waals surface area contributed by atoms with Crippen molar-refractivity contribution >= 4 is 18.0 Å². The van der Waals surface area contributed by atoms with E-state index in [0.29, 0.717) is 6.34 Å².